The standard InChI is InChI=1S/C25H25N3O5/c1-3-31-23-13-7-5-11-21(23)26-25(29)28(17-19-9-8-14-32-19)16-18-15-24(33-27-18)20-10-4-6-12-22(20)30-2/h4-15H,3,16-17H2,1-2H3,(H,26,29). The number of methoxy groups -OCH3 is 1. The Hall–Kier alpha value is -4.20. The van der Waals surface area contributed by atoms with Gasteiger partial charge in [0.15, 0.2) is 5.76 Å². The van der Waals surface area contributed by atoms with E-state index in [0.29, 0.717) is 41.0 Å². The summed E-state index contributed by atoms with van der Waals surface area (Å²) in [7, 11) is 1.60. The second-order valence-electron chi connectivity index (χ2n) is 7.18. The van der Waals surface area contributed by atoms with E-state index in [4.69, 9.17) is 18.4 Å². The largest absolute Gasteiger partial charge is 0.496 e. The molecule has 2 amide bonds. The maximum absolute atomic E-state index is 13.2. The average molecular weight is 447 g/mol. The second-order valence-corrected chi connectivity index (χ2v) is 7.18. The number of carbonyl (C=O) groups excluding carboxylic acids is 1. The fourth-order valence-corrected chi connectivity index (χ4v) is 3.39. The molecule has 0 fully saturated rings. The molecule has 0 radical (unpaired) electrons. The van der Waals surface area contributed by atoms with E-state index in [-0.39, 0.29) is 19.1 Å². The molecule has 0 unspecified atom stereocenters. The molecular weight excluding hydrogens is 422 g/mol. The lowest BCUT2D eigenvalue weighted by Crippen LogP contribution is -2.34. The van der Waals surface area contributed by atoms with E-state index < -0.39 is 0 Å². The molecule has 2 aromatic heterocycles. The highest BCUT2D eigenvalue weighted by Crippen LogP contribution is 2.30. The molecule has 0 bridgehead atoms. The van der Waals surface area contributed by atoms with Crippen LogP contribution in [-0.4, -0.2) is 29.8 Å². The molecule has 0 spiro atoms. The third kappa shape index (κ3) is 5.35. The van der Waals surface area contributed by atoms with Gasteiger partial charge in [0, 0.05) is 6.07 Å². The zero-order chi connectivity index (χ0) is 23.0. The average Bonchev–Trinajstić information content (AvgIpc) is 3.52. The Morgan fingerprint density at radius 3 is 2.58 bits per heavy atom. The van der Waals surface area contributed by atoms with Crippen molar-refractivity contribution in [2.45, 2.75) is 20.0 Å². The number of carbonyl (C=O) groups is 1. The first-order valence-electron chi connectivity index (χ1n) is 10.6. The van der Waals surface area contributed by atoms with Gasteiger partial charge in [-0.15, -0.1) is 0 Å². The Kier molecular flexibility index (Phi) is 6.94. The highest BCUT2D eigenvalue weighted by atomic mass is 16.5. The van der Waals surface area contributed by atoms with E-state index in [1.807, 2.05) is 55.5 Å². The van der Waals surface area contributed by atoms with E-state index >= 15 is 0 Å². The maximum Gasteiger partial charge on any atom is 0.322 e. The molecule has 0 saturated heterocycles. The van der Waals surface area contributed by atoms with Crippen LogP contribution < -0.4 is 14.8 Å². The van der Waals surface area contributed by atoms with E-state index in [1.54, 1.807) is 36.5 Å². The number of benzene rings is 2. The lowest BCUT2D eigenvalue weighted by atomic mass is 10.1. The highest BCUT2D eigenvalue weighted by molar-refractivity contribution is 5.91. The molecule has 0 aliphatic carbocycles. The summed E-state index contributed by atoms with van der Waals surface area (Å²) in [6.07, 6.45) is 1.58. The van der Waals surface area contributed by atoms with Crippen LogP contribution in [0.2, 0.25) is 0 Å². The lowest BCUT2D eigenvalue weighted by Gasteiger charge is -2.22. The summed E-state index contributed by atoms with van der Waals surface area (Å²) in [5, 5.41) is 7.09. The quantitative estimate of drug-likeness (QED) is 0.360. The van der Waals surface area contributed by atoms with Crippen LogP contribution in [0.3, 0.4) is 0 Å². The zero-order valence-electron chi connectivity index (χ0n) is 18.5. The first kappa shape index (κ1) is 22.0. The lowest BCUT2D eigenvalue weighted by molar-refractivity contribution is 0.199. The first-order valence-corrected chi connectivity index (χ1v) is 10.6. The van der Waals surface area contributed by atoms with Crippen molar-refractivity contribution in [3.05, 3.63) is 84.4 Å². The molecule has 0 saturated carbocycles. The molecule has 1 N–H and O–H groups in total. The molecule has 2 heterocycles. The summed E-state index contributed by atoms with van der Waals surface area (Å²) >= 11 is 0. The topological polar surface area (TPSA) is 90.0 Å². The molecule has 8 nitrogen and oxygen atoms in total. The van der Waals surface area contributed by atoms with Gasteiger partial charge in [-0.25, -0.2) is 4.79 Å². The summed E-state index contributed by atoms with van der Waals surface area (Å²) < 4.78 is 22.0. The third-order valence-electron chi connectivity index (χ3n) is 4.93. The molecule has 2 aromatic carbocycles. The number of aromatic nitrogens is 1. The SMILES string of the molecule is CCOc1ccccc1NC(=O)N(Cc1cc(-c2ccccc2OC)on1)Cc1ccco1. The van der Waals surface area contributed by atoms with E-state index in [9.17, 15) is 4.79 Å². The number of hydrogen-bond acceptors (Lipinski definition) is 6. The van der Waals surface area contributed by atoms with E-state index in [0.717, 1.165) is 5.56 Å². The molecule has 170 valence electrons. The summed E-state index contributed by atoms with van der Waals surface area (Å²) in [5.74, 6) is 2.49. The molecular formula is C25H25N3O5. The van der Waals surface area contributed by atoms with Gasteiger partial charge in [0.25, 0.3) is 0 Å². The number of rotatable bonds is 9. The van der Waals surface area contributed by atoms with Crippen molar-refractivity contribution in [3.63, 3.8) is 0 Å². The number of urea groups is 1. The van der Waals surface area contributed by atoms with Crippen LogP contribution in [0.4, 0.5) is 10.5 Å². The van der Waals surface area contributed by atoms with Gasteiger partial charge < -0.3 is 28.6 Å². The number of para-hydroxylation sites is 3. The number of nitrogens with one attached hydrogen (secondary N) is 1. The number of hydrogen-bond donors (Lipinski definition) is 1. The van der Waals surface area contributed by atoms with Gasteiger partial charge in [0.2, 0.25) is 0 Å². The number of furan rings is 1. The van der Waals surface area contributed by atoms with Crippen molar-refractivity contribution in [1.82, 2.24) is 10.1 Å². The Balaban J connectivity index is 1.55. The number of amides is 2. The smallest absolute Gasteiger partial charge is 0.322 e. The predicted molar refractivity (Wildman–Crippen MR) is 123 cm³/mol. The number of ether oxygens (including phenoxy) is 2. The van der Waals surface area contributed by atoms with E-state index in [1.165, 1.54) is 0 Å². The van der Waals surface area contributed by atoms with Crippen molar-refractivity contribution < 1.29 is 23.2 Å². The fourth-order valence-electron chi connectivity index (χ4n) is 3.39. The van der Waals surface area contributed by atoms with Crippen molar-refractivity contribution in [2.75, 3.05) is 19.0 Å². The van der Waals surface area contributed by atoms with Gasteiger partial charge >= 0.3 is 6.03 Å². The maximum atomic E-state index is 13.2. The minimum absolute atomic E-state index is 0.210. The van der Waals surface area contributed by atoms with Crippen LogP contribution in [0.25, 0.3) is 11.3 Å². The van der Waals surface area contributed by atoms with Crippen molar-refractivity contribution in [2.24, 2.45) is 0 Å². The molecule has 0 aliphatic heterocycles. The number of anilines is 1. The van der Waals surface area contributed by atoms with Gasteiger partial charge in [-0.1, -0.05) is 29.4 Å². The molecule has 0 aliphatic rings. The monoisotopic (exact) mass is 447 g/mol. The highest BCUT2D eigenvalue weighted by Gasteiger charge is 2.20. The molecule has 4 aromatic rings. The molecule has 0 atom stereocenters. The van der Waals surface area contributed by atoms with Crippen LogP contribution in [0.5, 0.6) is 11.5 Å². The fraction of sp³-hybridized carbons (Fsp3) is 0.200. The summed E-state index contributed by atoms with van der Waals surface area (Å²) in [4.78, 5) is 14.8. The summed E-state index contributed by atoms with van der Waals surface area (Å²) in [6.45, 7) is 2.85. The molecule has 8 heteroatoms. The van der Waals surface area contributed by atoms with Gasteiger partial charge in [0.05, 0.1) is 44.3 Å². The summed E-state index contributed by atoms with van der Waals surface area (Å²) in [6, 6.07) is 19.9. The third-order valence-corrected chi connectivity index (χ3v) is 4.93. The molecule has 4 rings (SSSR count). The minimum atomic E-state index is -0.319. The zero-order valence-corrected chi connectivity index (χ0v) is 18.5. The Morgan fingerprint density at radius 2 is 1.82 bits per heavy atom. The van der Waals surface area contributed by atoms with Gasteiger partial charge in [-0.3, -0.25) is 0 Å². The van der Waals surface area contributed by atoms with Crippen LogP contribution in [0.15, 0.2) is 81.9 Å². The normalized spacial score (nSPS) is 10.6. The second kappa shape index (κ2) is 10.4. The predicted octanol–water partition coefficient (Wildman–Crippen LogP) is 5.58. The summed E-state index contributed by atoms with van der Waals surface area (Å²) in [5.41, 5.74) is 1.96. The van der Waals surface area contributed by atoms with Crippen molar-refractivity contribution >= 4 is 11.7 Å². The number of nitrogens with zero attached hydrogens (tertiary/aromatic N) is 2. The van der Waals surface area contributed by atoms with E-state index in [2.05, 4.69) is 10.5 Å². The Bertz CT molecular complexity index is 1190. The van der Waals surface area contributed by atoms with Crippen molar-refractivity contribution in [3.8, 4) is 22.8 Å². The van der Waals surface area contributed by atoms with Crippen LogP contribution in [0.1, 0.15) is 18.4 Å². The van der Waals surface area contributed by atoms with Gasteiger partial charge in [0.1, 0.15) is 23.0 Å². The molecule has 33 heavy (non-hydrogen) atoms. The Morgan fingerprint density at radius 1 is 1.03 bits per heavy atom. The Labute approximate surface area is 191 Å². The van der Waals surface area contributed by atoms with Crippen LogP contribution in [0, 0.1) is 0 Å². The van der Waals surface area contributed by atoms with Crippen molar-refractivity contribution in [1.29, 1.82) is 0 Å². The first-order chi connectivity index (χ1) is 16.2. The minimum Gasteiger partial charge on any atom is -0.496 e. The van der Waals surface area contributed by atoms with Gasteiger partial charge in [-0.05, 0) is 43.3 Å². The van der Waals surface area contributed by atoms with Gasteiger partial charge in [-0.2, -0.15) is 0 Å². The van der Waals surface area contributed by atoms with Crippen LogP contribution in [-0.2, 0) is 13.1 Å². The van der Waals surface area contributed by atoms with Crippen LogP contribution >= 0.6 is 0 Å².